The van der Waals surface area contributed by atoms with Gasteiger partial charge in [0, 0.05) is 18.8 Å². The Labute approximate surface area is 106 Å². The lowest BCUT2D eigenvalue weighted by Crippen LogP contribution is -2.14. The van der Waals surface area contributed by atoms with E-state index in [0.29, 0.717) is 18.9 Å². The average Bonchev–Trinajstić information content (AvgIpc) is 3.01. The third-order valence-electron chi connectivity index (χ3n) is 4.01. The number of benzene rings is 1. The molecule has 3 nitrogen and oxygen atoms in total. The van der Waals surface area contributed by atoms with Gasteiger partial charge in [0.25, 0.3) is 0 Å². The van der Waals surface area contributed by atoms with Gasteiger partial charge in [-0.15, -0.1) is 0 Å². The van der Waals surface area contributed by atoms with Gasteiger partial charge in [0.2, 0.25) is 0 Å². The Morgan fingerprint density at radius 1 is 1.28 bits per heavy atom. The van der Waals surface area contributed by atoms with Crippen molar-refractivity contribution in [2.75, 3.05) is 6.61 Å². The van der Waals surface area contributed by atoms with Crippen LogP contribution in [-0.2, 0) is 20.7 Å². The fraction of sp³-hybridized carbons (Fsp3) is 0.467. The molecular formula is C15H16O3. The number of rotatable bonds is 4. The Kier molecular flexibility index (Phi) is 2.90. The first-order valence-corrected chi connectivity index (χ1v) is 6.50. The highest BCUT2D eigenvalue weighted by molar-refractivity contribution is 5.94. The van der Waals surface area contributed by atoms with Crippen LogP contribution in [0.25, 0.3) is 0 Å². The van der Waals surface area contributed by atoms with Crippen molar-refractivity contribution in [3.05, 3.63) is 35.9 Å². The number of fused-ring (bicyclic) bond motifs is 1. The Morgan fingerprint density at radius 3 is 2.72 bits per heavy atom. The first-order chi connectivity index (χ1) is 8.77. The first kappa shape index (κ1) is 11.5. The molecular weight excluding hydrogens is 228 g/mol. The van der Waals surface area contributed by atoms with E-state index in [-0.39, 0.29) is 23.6 Å². The van der Waals surface area contributed by atoms with Gasteiger partial charge in [0.1, 0.15) is 5.78 Å². The van der Waals surface area contributed by atoms with Gasteiger partial charge in [-0.05, 0) is 17.9 Å². The summed E-state index contributed by atoms with van der Waals surface area (Å²) in [5.41, 5.74) is 1.16. The second kappa shape index (κ2) is 4.56. The number of esters is 1. The Morgan fingerprint density at radius 2 is 2.06 bits per heavy atom. The summed E-state index contributed by atoms with van der Waals surface area (Å²) in [5, 5.41) is 0. The molecule has 0 unspecified atom stereocenters. The monoisotopic (exact) mass is 244 g/mol. The standard InChI is InChI=1S/C15H16O3/c16-12-7-6-11-13(12)14(11)15(17)18-9-8-10-4-2-1-3-5-10/h1-5,11,13-14H,6-9H2/t11-,13-,14+/m0/s1. The lowest BCUT2D eigenvalue weighted by Gasteiger charge is -2.05. The molecule has 2 fully saturated rings. The number of ether oxygens (including phenoxy) is 1. The SMILES string of the molecule is O=C1CC[C@H]2[C@@H]1[C@@H]2C(=O)OCCc1ccccc1. The molecule has 3 heteroatoms. The molecule has 2 aliphatic carbocycles. The summed E-state index contributed by atoms with van der Waals surface area (Å²) in [5.74, 6) is 0.247. The number of hydrogen-bond acceptors (Lipinski definition) is 3. The van der Waals surface area contributed by atoms with Gasteiger partial charge >= 0.3 is 5.97 Å². The number of carbonyl (C=O) groups excluding carboxylic acids is 2. The van der Waals surface area contributed by atoms with Crippen molar-refractivity contribution in [1.82, 2.24) is 0 Å². The highest BCUT2D eigenvalue weighted by atomic mass is 16.5. The van der Waals surface area contributed by atoms with E-state index in [4.69, 9.17) is 4.74 Å². The minimum atomic E-state index is -0.172. The molecule has 0 heterocycles. The van der Waals surface area contributed by atoms with Crippen molar-refractivity contribution >= 4 is 11.8 Å². The minimum absolute atomic E-state index is 0.00535. The minimum Gasteiger partial charge on any atom is -0.465 e. The molecule has 1 aromatic rings. The van der Waals surface area contributed by atoms with Gasteiger partial charge in [0.05, 0.1) is 12.5 Å². The van der Waals surface area contributed by atoms with Gasteiger partial charge in [0.15, 0.2) is 0 Å². The molecule has 2 aliphatic rings. The summed E-state index contributed by atoms with van der Waals surface area (Å²) in [4.78, 5) is 23.2. The van der Waals surface area contributed by atoms with Crippen LogP contribution in [0.3, 0.4) is 0 Å². The topological polar surface area (TPSA) is 43.4 Å². The quantitative estimate of drug-likeness (QED) is 0.761. The second-order valence-electron chi connectivity index (χ2n) is 5.12. The Bertz CT molecular complexity index is 466. The molecule has 2 saturated carbocycles. The number of hydrogen-bond donors (Lipinski definition) is 0. The summed E-state index contributed by atoms with van der Waals surface area (Å²) in [6.45, 7) is 0.410. The molecule has 0 amide bonds. The van der Waals surface area contributed by atoms with Crippen molar-refractivity contribution in [2.24, 2.45) is 17.8 Å². The van der Waals surface area contributed by atoms with Gasteiger partial charge in [-0.25, -0.2) is 0 Å². The molecule has 0 spiro atoms. The maximum atomic E-state index is 11.8. The van der Waals surface area contributed by atoms with Crippen LogP contribution < -0.4 is 0 Å². The van der Waals surface area contributed by atoms with Crippen LogP contribution >= 0.6 is 0 Å². The van der Waals surface area contributed by atoms with E-state index in [9.17, 15) is 9.59 Å². The number of carbonyl (C=O) groups is 2. The molecule has 0 N–H and O–H groups in total. The fourth-order valence-corrected chi connectivity index (χ4v) is 2.98. The molecule has 3 rings (SSSR count). The Balaban J connectivity index is 1.45. The van der Waals surface area contributed by atoms with Crippen molar-refractivity contribution in [3.63, 3.8) is 0 Å². The van der Waals surface area contributed by atoms with Crippen molar-refractivity contribution in [2.45, 2.75) is 19.3 Å². The molecule has 3 atom stereocenters. The van der Waals surface area contributed by atoms with E-state index in [0.717, 1.165) is 18.4 Å². The summed E-state index contributed by atoms with van der Waals surface area (Å²) >= 11 is 0. The van der Waals surface area contributed by atoms with Crippen LogP contribution in [0.15, 0.2) is 30.3 Å². The maximum absolute atomic E-state index is 11.8. The number of Topliss-reactive ketones (excluding diaryl/α,β-unsaturated/α-hetero) is 1. The molecule has 1 aromatic carbocycles. The zero-order valence-electron chi connectivity index (χ0n) is 10.2. The third-order valence-corrected chi connectivity index (χ3v) is 4.01. The summed E-state index contributed by atoms with van der Waals surface area (Å²) in [6, 6.07) is 9.95. The average molecular weight is 244 g/mol. The van der Waals surface area contributed by atoms with Crippen LogP contribution in [-0.4, -0.2) is 18.4 Å². The lowest BCUT2D eigenvalue weighted by atomic mass is 10.1. The van der Waals surface area contributed by atoms with E-state index >= 15 is 0 Å². The lowest BCUT2D eigenvalue weighted by molar-refractivity contribution is -0.146. The van der Waals surface area contributed by atoms with E-state index in [1.807, 2.05) is 30.3 Å². The van der Waals surface area contributed by atoms with E-state index in [2.05, 4.69) is 0 Å². The number of ketones is 1. The zero-order chi connectivity index (χ0) is 12.5. The highest BCUT2D eigenvalue weighted by Gasteiger charge is 2.62. The van der Waals surface area contributed by atoms with E-state index < -0.39 is 0 Å². The summed E-state index contributed by atoms with van der Waals surface area (Å²) < 4.78 is 5.26. The summed E-state index contributed by atoms with van der Waals surface area (Å²) in [6.07, 6.45) is 2.27. The van der Waals surface area contributed by atoms with Crippen molar-refractivity contribution in [3.8, 4) is 0 Å². The van der Waals surface area contributed by atoms with Gasteiger partial charge < -0.3 is 4.74 Å². The summed E-state index contributed by atoms with van der Waals surface area (Å²) in [7, 11) is 0. The van der Waals surface area contributed by atoms with Crippen LogP contribution in [0.2, 0.25) is 0 Å². The van der Waals surface area contributed by atoms with Crippen molar-refractivity contribution in [1.29, 1.82) is 0 Å². The van der Waals surface area contributed by atoms with Crippen LogP contribution in [0.5, 0.6) is 0 Å². The Hall–Kier alpha value is -1.64. The molecule has 0 radical (unpaired) electrons. The normalized spacial score (nSPS) is 28.9. The third kappa shape index (κ3) is 2.05. The predicted molar refractivity (Wildman–Crippen MR) is 65.8 cm³/mol. The zero-order valence-corrected chi connectivity index (χ0v) is 10.2. The van der Waals surface area contributed by atoms with Crippen LogP contribution in [0.1, 0.15) is 18.4 Å². The smallest absolute Gasteiger partial charge is 0.309 e. The van der Waals surface area contributed by atoms with Crippen molar-refractivity contribution < 1.29 is 14.3 Å². The maximum Gasteiger partial charge on any atom is 0.309 e. The molecule has 94 valence electrons. The largest absolute Gasteiger partial charge is 0.465 e. The second-order valence-corrected chi connectivity index (χ2v) is 5.12. The molecule has 18 heavy (non-hydrogen) atoms. The molecule has 0 aliphatic heterocycles. The van der Waals surface area contributed by atoms with E-state index in [1.54, 1.807) is 0 Å². The van der Waals surface area contributed by atoms with Crippen LogP contribution in [0.4, 0.5) is 0 Å². The van der Waals surface area contributed by atoms with E-state index in [1.165, 1.54) is 0 Å². The van der Waals surface area contributed by atoms with Gasteiger partial charge in [-0.2, -0.15) is 0 Å². The van der Waals surface area contributed by atoms with Gasteiger partial charge in [-0.3, -0.25) is 9.59 Å². The first-order valence-electron chi connectivity index (χ1n) is 6.50. The molecule has 0 saturated heterocycles. The fourth-order valence-electron chi connectivity index (χ4n) is 2.98. The van der Waals surface area contributed by atoms with Gasteiger partial charge in [-0.1, -0.05) is 30.3 Å². The molecule has 0 bridgehead atoms. The molecule has 0 aromatic heterocycles. The predicted octanol–water partition coefficient (Wildman–Crippen LogP) is 2.00. The highest BCUT2D eigenvalue weighted by Crippen LogP contribution is 2.55. The van der Waals surface area contributed by atoms with Crippen LogP contribution in [0, 0.1) is 17.8 Å².